The molecule has 1 unspecified atom stereocenters. The summed E-state index contributed by atoms with van der Waals surface area (Å²) in [5.74, 6) is -2.16. The lowest BCUT2D eigenvalue weighted by molar-refractivity contribution is -0.141. The molecule has 0 aliphatic carbocycles. The molecule has 0 radical (unpaired) electrons. The van der Waals surface area contributed by atoms with Crippen LogP contribution in [0.5, 0.6) is 0 Å². The van der Waals surface area contributed by atoms with Crippen LogP contribution >= 0.6 is 0 Å². The summed E-state index contributed by atoms with van der Waals surface area (Å²) in [6, 6.07) is 17.0. The molecular weight excluding hydrogens is 368 g/mol. The summed E-state index contributed by atoms with van der Waals surface area (Å²) in [4.78, 5) is 23.4. The molecule has 0 aliphatic rings. The van der Waals surface area contributed by atoms with Gasteiger partial charge in [0.15, 0.2) is 0 Å². The molecule has 0 aromatic heterocycles. The SMILES string of the molecule is O=C(CCNS(=O)(=O)c1ccccc1)NCC(Cc1ccccc1)C(=O)O. The van der Waals surface area contributed by atoms with Crippen LogP contribution in [0.25, 0.3) is 0 Å². The van der Waals surface area contributed by atoms with Crippen LogP contribution in [0.2, 0.25) is 0 Å². The number of nitrogens with one attached hydrogen (secondary N) is 2. The predicted molar refractivity (Wildman–Crippen MR) is 101 cm³/mol. The Bertz CT molecular complexity index is 854. The number of aliphatic carboxylic acids is 1. The molecular formula is C19H22N2O5S. The van der Waals surface area contributed by atoms with Gasteiger partial charge < -0.3 is 10.4 Å². The molecule has 144 valence electrons. The van der Waals surface area contributed by atoms with Crippen LogP contribution in [0.3, 0.4) is 0 Å². The maximum atomic E-state index is 12.1. The Morgan fingerprint density at radius 1 is 0.963 bits per heavy atom. The van der Waals surface area contributed by atoms with Gasteiger partial charge in [-0.3, -0.25) is 9.59 Å². The highest BCUT2D eigenvalue weighted by Gasteiger charge is 2.19. The largest absolute Gasteiger partial charge is 0.481 e. The zero-order chi connectivity index (χ0) is 19.7. The fraction of sp³-hybridized carbons (Fsp3) is 0.263. The van der Waals surface area contributed by atoms with E-state index >= 15 is 0 Å². The quantitative estimate of drug-likeness (QED) is 0.568. The van der Waals surface area contributed by atoms with Crippen LogP contribution in [-0.2, 0) is 26.0 Å². The minimum Gasteiger partial charge on any atom is -0.481 e. The minimum absolute atomic E-state index is 0.0193. The van der Waals surface area contributed by atoms with E-state index < -0.39 is 27.8 Å². The van der Waals surface area contributed by atoms with Gasteiger partial charge in [0.25, 0.3) is 0 Å². The first-order chi connectivity index (χ1) is 12.9. The van der Waals surface area contributed by atoms with Crippen LogP contribution in [0, 0.1) is 5.92 Å². The second-order valence-electron chi connectivity index (χ2n) is 5.99. The molecule has 8 heteroatoms. The number of carboxylic acid groups (broad SMARTS) is 1. The number of benzene rings is 2. The minimum atomic E-state index is -3.67. The van der Waals surface area contributed by atoms with Crippen LogP contribution in [0.15, 0.2) is 65.6 Å². The molecule has 7 nitrogen and oxygen atoms in total. The summed E-state index contributed by atoms with van der Waals surface area (Å²) in [5.41, 5.74) is 0.870. The van der Waals surface area contributed by atoms with E-state index in [0.717, 1.165) is 5.56 Å². The number of carboxylic acids is 1. The second kappa shape index (κ2) is 9.84. The van der Waals surface area contributed by atoms with Gasteiger partial charge in [-0.15, -0.1) is 0 Å². The summed E-state index contributed by atoms with van der Waals surface area (Å²) in [5, 5.41) is 11.9. The first kappa shape index (κ1) is 20.6. The van der Waals surface area contributed by atoms with E-state index in [1.54, 1.807) is 18.2 Å². The van der Waals surface area contributed by atoms with Crippen molar-refractivity contribution in [2.75, 3.05) is 13.1 Å². The van der Waals surface area contributed by atoms with E-state index in [1.165, 1.54) is 12.1 Å². The van der Waals surface area contributed by atoms with Crippen LogP contribution in [0.4, 0.5) is 0 Å². The first-order valence-electron chi connectivity index (χ1n) is 8.46. The highest BCUT2D eigenvalue weighted by Crippen LogP contribution is 2.09. The molecule has 27 heavy (non-hydrogen) atoms. The lowest BCUT2D eigenvalue weighted by atomic mass is 9.99. The molecule has 0 bridgehead atoms. The molecule has 1 atom stereocenters. The number of hydrogen-bond acceptors (Lipinski definition) is 4. The fourth-order valence-corrected chi connectivity index (χ4v) is 3.51. The van der Waals surface area contributed by atoms with E-state index in [-0.39, 0.29) is 24.4 Å². The third kappa shape index (κ3) is 6.84. The highest BCUT2D eigenvalue weighted by molar-refractivity contribution is 7.89. The molecule has 2 aromatic rings. The Morgan fingerprint density at radius 2 is 1.56 bits per heavy atom. The van der Waals surface area contributed by atoms with Gasteiger partial charge in [0.1, 0.15) is 0 Å². The van der Waals surface area contributed by atoms with E-state index in [1.807, 2.05) is 30.3 Å². The third-order valence-electron chi connectivity index (χ3n) is 3.92. The van der Waals surface area contributed by atoms with Gasteiger partial charge in [-0.1, -0.05) is 48.5 Å². The summed E-state index contributed by atoms with van der Waals surface area (Å²) in [7, 11) is -3.67. The zero-order valence-corrected chi connectivity index (χ0v) is 15.5. The molecule has 0 heterocycles. The fourth-order valence-electron chi connectivity index (χ4n) is 2.45. The molecule has 1 amide bonds. The van der Waals surface area contributed by atoms with Crippen LogP contribution in [-0.4, -0.2) is 38.5 Å². The van der Waals surface area contributed by atoms with Gasteiger partial charge >= 0.3 is 5.97 Å². The average molecular weight is 390 g/mol. The maximum absolute atomic E-state index is 12.1. The number of sulfonamides is 1. The molecule has 0 spiro atoms. The van der Waals surface area contributed by atoms with Crippen molar-refractivity contribution in [3.8, 4) is 0 Å². The number of carbonyl (C=O) groups excluding carboxylic acids is 1. The van der Waals surface area contributed by atoms with Gasteiger partial charge in [0.05, 0.1) is 10.8 Å². The third-order valence-corrected chi connectivity index (χ3v) is 5.39. The predicted octanol–water partition coefficient (Wildman–Crippen LogP) is 1.41. The number of amides is 1. The van der Waals surface area contributed by atoms with Crippen molar-refractivity contribution in [2.24, 2.45) is 5.92 Å². The van der Waals surface area contributed by atoms with Crippen molar-refractivity contribution < 1.29 is 23.1 Å². The van der Waals surface area contributed by atoms with Crippen molar-refractivity contribution in [1.29, 1.82) is 0 Å². The second-order valence-corrected chi connectivity index (χ2v) is 7.76. The zero-order valence-electron chi connectivity index (χ0n) is 14.7. The smallest absolute Gasteiger partial charge is 0.308 e. The molecule has 0 saturated heterocycles. The Kier molecular flexibility index (Phi) is 7.51. The van der Waals surface area contributed by atoms with Crippen molar-refractivity contribution in [3.63, 3.8) is 0 Å². The van der Waals surface area contributed by atoms with Crippen molar-refractivity contribution in [3.05, 3.63) is 66.2 Å². The average Bonchev–Trinajstić information content (AvgIpc) is 2.66. The van der Waals surface area contributed by atoms with E-state index in [4.69, 9.17) is 0 Å². The van der Waals surface area contributed by atoms with Crippen LogP contribution in [0.1, 0.15) is 12.0 Å². The number of hydrogen-bond donors (Lipinski definition) is 3. The van der Waals surface area contributed by atoms with Gasteiger partial charge in [-0.2, -0.15) is 0 Å². The van der Waals surface area contributed by atoms with Gasteiger partial charge in [-0.25, -0.2) is 13.1 Å². The molecule has 3 N–H and O–H groups in total. The lowest BCUT2D eigenvalue weighted by Gasteiger charge is -2.14. The lowest BCUT2D eigenvalue weighted by Crippen LogP contribution is -2.36. The first-order valence-corrected chi connectivity index (χ1v) is 9.95. The van der Waals surface area contributed by atoms with Gasteiger partial charge in [0.2, 0.25) is 15.9 Å². The Labute approximate surface area is 158 Å². The Hall–Kier alpha value is -2.71. The standard InChI is InChI=1S/C19H22N2O5S/c22-18(11-12-21-27(25,26)17-9-5-2-6-10-17)20-14-16(19(23)24)13-15-7-3-1-4-8-15/h1-10,16,21H,11-14H2,(H,20,22)(H,23,24). The number of carbonyl (C=O) groups is 2. The Morgan fingerprint density at radius 3 is 2.15 bits per heavy atom. The molecule has 2 aromatic carbocycles. The normalized spacial score (nSPS) is 12.3. The van der Waals surface area contributed by atoms with Crippen molar-refractivity contribution in [1.82, 2.24) is 10.0 Å². The highest BCUT2D eigenvalue weighted by atomic mass is 32.2. The van der Waals surface area contributed by atoms with Crippen molar-refractivity contribution in [2.45, 2.75) is 17.7 Å². The topological polar surface area (TPSA) is 113 Å². The summed E-state index contributed by atoms with van der Waals surface area (Å²) < 4.78 is 26.5. The van der Waals surface area contributed by atoms with E-state index in [0.29, 0.717) is 6.42 Å². The van der Waals surface area contributed by atoms with E-state index in [9.17, 15) is 23.1 Å². The van der Waals surface area contributed by atoms with Crippen molar-refractivity contribution >= 4 is 21.9 Å². The summed E-state index contributed by atoms with van der Waals surface area (Å²) >= 11 is 0. The molecule has 0 fully saturated rings. The number of rotatable bonds is 10. The van der Waals surface area contributed by atoms with Gasteiger partial charge in [-0.05, 0) is 24.1 Å². The van der Waals surface area contributed by atoms with Gasteiger partial charge in [0, 0.05) is 19.5 Å². The maximum Gasteiger partial charge on any atom is 0.308 e. The van der Waals surface area contributed by atoms with Crippen LogP contribution < -0.4 is 10.0 Å². The van der Waals surface area contributed by atoms with E-state index in [2.05, 4.69) is 10.0 Å². The summed E-state index contributed by atoms with van der Waals surface area (Å²) in [6.07, 6.45) is 0.223. The Balaban J connectivity index is 1.78. The molecule has 0 saturated carbocycles. The summed E-state index contributed by atoms with van der Waals surface area (Å²) in [6.45, 7) is -0.0893. The molecule has 2 rings (SSSR count). The monoisotopic (exact) mass is 390 g/mol. The molecule has 0 aliphatic heterocycles.